The Hall–Kier alpha value is -1.95. The fourth-order valence-corrected chi connectivity index (χ4v) is 2.78. The van der Waals surface area contributed by atoms with E-state index in [4.69, 9.17) is 0 Å². The number of rotatable bonds is 5. The molecular weight excluding hydrogens is 299 g/mol. The van der Waals surface area contributed by atoms with Crippen LogP contribution in [0.1, 0.15) is 44.3 Å². The normalized spacial score (nSPS) is 19.3. The van der Waals surface area contributed by atoms with Crippen LogP contribution in [0, 0.1) is 5.82 Å². The second kappa shape index (κ2) is 8.06. The topological polar surface area (TPSA) is 69.6 Å². The van der Waals surface area contributed by atoms with Crippen LogP contribution in [-0.2, 0) is 9.59 Å². The standard InChI is InChI=1S/C17H23FN2O3/c1-2-16(22)19-14-7-4-8-20(11-14)17(23)10-15(21)12-5-3-6-13(18)9-12/h3,5-6,9,14-15,21H,2,4,7-8,10-11H2,1H3,(H,19,22). The third-order valence-electron chi connectivity index (χ3n) is 4.06. The maximum absolute atomic E-state index is 13.2. The van der Waals surface area contributed by atoms with Crippen LogP contribution in [0.5, 0.6) is 0 Å². The van der Waals surface area contributed by atoms with E-state index in [1.54, 1.807) is 17.9 Å². The Balaban J connectivity index is 1.90. The number of halogens is 1. The van der Waals surface area contributed by atoms with E-state index in [2.05, 4.69) is 5.32 Å². The van der Waals surface area contributed by atoms with Crippen LogP contribution in [0.4, 0.5) is 4.39 Å². The number of piperidine rings is 1. The van der Waals surface area contributed by atoms with Gasteiger partial charge in [0.15, 0.2) is 0 Å². The molecule has 1 saturated heterocycles. The number of aliphatic hydroxyl groups excluding tert-OH is 1. The van der Waals surface area contributed by atoms with Crippen molar-refractivity contribution in [3.05, 3.63) is 35.6 Å². The molecule has 1 heterocycles. The van der Waals surface area contributed by atoms with Crippen LogP contribution in [0.3, 0.4) is 0 Å². The van der Waals surface area contributed by atoms with Crippen molar-refractivity contribution in [3.63, 3.8) is 0 Å². The zero-order chi connectivity index (χ0) is 16.8. The lowest BCUT2D eigenvalue weighted by Gasteiger charge is -2.33. The number of aliphatic hydroxyl groups is 1. The number of nitrogens with one attached hydrogen (secondary N) is 1. The summed E-state index contributed by atoms with van der Waals surface area (Å²) >= 11 is 0. The molecule has 5 nitrogen and oxygen atoms in total. The second-order valence-electron chi connectivity index (χ2n) is 5.87. The fraction of sp³-hybridized carbons (Fsp3) is 0.529. The summed E-state index contributed by atoms with van der Waals surface area (Å²) in [5.41, 5.74) is 0.395. The first kappa shape index (κ1) is 17.4. The summed E-state index contributed by atoms with van der Waals surface area (Å²) < 4.78 is 13.2. The van der Waals surface area contributed by atoms with Crippen molar-refractivity contribution in [1.29, 1.82) is 0 Å². The van der Waals surface area contributed by atoms with Gasteiger partial charge in [-0.25, -0.2) is 4.39 Å². The van der Waals surface area contributed by atoms with Crippen molar-refractivity contribution in [2.45, 2.75) is 44.8 Å². The van der Waals surface area contributed by atoms with Gasteiger partial charge in [0.1, 0.15) is 5.82 Å². The molecular formula is C17H23FN2O3. The molecule has 2 N–H and O–H groups in total. The van der Waals surface area contributed by atoms with E-state index in [1.165, 1.54) is 18.2 Å². The summed E-state index contributed by atoms with van der Waals surface area (Å²) in [7, 11) is 0. The second-order valence-corrected chi connectivity index (χ2v) is 5.87. The molecule has 1 fully saturated rings. The molecule has 1 aromatic carbocycles. The van der Waals surface area contributed by atoms with Crippen molar-refractivity contribution in [2.24, 2.45) is 0 Å². The van der Waals surface area contributed by atoms with Gasteiger partial charge < -0.3 is 15.3 Å². The molecule has 2 atom stereocenters. The van der Waals surface area contributed by atoms with Gasteiger partial charge in [0.25, 0.3) is 0 Å². The summed E-state index contributed by atoms with van der Waals surface area (Å²) in [6.45, 7) is 2.87. The van der Waals surface area contributed by atoms with Crippen molar-refractivity contribution in [2.75, 3.05) is 13.1 Å². The van der Waals surface area contributed by atoms with Crippen LogP contribution in [-0.4, -0.2) is 41.0 Å². The Morgan fingerprint density at radius 2 is 2.26 bits per heavy atom. The summed E-state index contributed by atoms with van der Waals surface area (Å²) in [6, 6.07) is 5.60. The molecule has 0 aliphatic carbocycles. The smallest absolute Gasteiger partial charge is 0.225 e. The number of hydrogen-bond donors (Lipinski definition) is 2. The van der Waals surface area contributed by atoms with E-state index < -0.39 is 11.9 Å². The molecule has 2 unspecified atom stereocenters. The average Bonchev–Trinajstić information content (AvgIpc) is 2.54. The number of carbonyl (C=O) groups is 2. The minimum atomic E-state index is -1.02. The zero-order valence-electron chi connectivity index (χ0n) is 13.3. The fourth-order valence-electron chi connectivity index (χ4n) is 2.78. The zero-order valence-corrected chi connectivity index (χ0v) is 13.3. The summed E-state index contributed by atoms with van der Waals surface area (Å²) in [5.74, 6) is -0.643. The molecule has 2 amide bonds. The largest absolute Gasteiger partial charge is 0.388 e. The third-order valence-corrected chi connectivity index (χ3v) is 4.06. The van der Waals surface area contributed by atoms with Crippen molar-refractivity contribution in [3.8, 4) is 0 Å². The van der Waals surface area contributed by atoms with Gasteiger partial charge in [0.05, 0.1) is 12.5 Å². The maximum atomic E-state index is 13.2. The first-order valence-corrected chi connectivity index (χ1v) is 8.00. The Morgan fingerprint density at radius 1 is 1.48 bits per heavy atom. The number of nitrogens with zero attached hydrogens (tertiary/aromatic N) is 1. The molecule has 0 spiro atoms. The average molecular weight is 322 g/mol. The van der Waals surface area contributed by atoms with Crippen LogP contribution in [0.25, 0.3) is 0 Å². The minimum absolute atomic E-state index is 0.0240. The highest BCUT2D eigenvalue weighted by Crippen LogP contribution is 2.20. The van der Waals surface area contributed by atoms with Gasteiger partial charge >= 0.3 is 0 Å². The van der Waals surface area contributed by atoms with E-state index in [0.717, 1.165) is 12.8 Å². The lowest BCUT2D eigenvalue weighted by molar-refractivity contribution is -0.135. The van der Waals surface area contributed by atoms with Crippen molar-refractivity contribution < 1.29 is 19.1 Å². The van der Waals surface area contributed by atoms with Crippen LogP contribution in [0.2, 0.25) is 0 Å². The van der Waals surface area contributed by atoms with Gasteiger partial charge in [0.2, 0.25) is 11.8 Å². The molecule has 6 heteroatoms. The first-order chi connectivity index (χ1) is 11.0. The lowest BCUT2D eigenvalue weighted by atomic mass is 10.0. The molecule has 1 aromatic rings. The van der Waals surface area contributed by atoms with E-state index in [0.29, 0.717) is 25.1 Å². The molecule has 1 aliphatic rings. The van der Waals surface area contributed by atoms with E-state index in [-0.39, 0.29) is 24.3 Å². The maximum Gasteiger partial charge on any atom is 0.225 e. The molecule has 1 aliphatic heterocycles. The van der Waals surface area contributed by atoms with Crippen molar-refractivity contribution in [1.82, 2.24) is 10.2 Å². The van der Waals surface area contributed by atoms with E-state index in [1.807, 2.05) is 0 Å². The van der Waals surface area contributed by atoms with Gasteiger partial charge in [-0.05, 0) is 30.5 Å². The molecule has 0 bridgehead atoms. The highest BCUT2D eigenvalue weighted by atomic mass is 19.1. The third kappa shape index (κ3) is 5.03. The van der Waals surface area contributed by atoms with Gasteiger partial charge in [-0.1, -0.05) is 19.1 Å². The van der Waals surface area contributed by atoms with E-state index >= 15 is 0 Å². The molecule has 2 rings (SSSR count). The number of benzene rings is 1. The van der Waals surface area contributed by atoms with E-state index in [9.17, 15) is 19.1 Å². The predicted molar refractivity (Wildman–Crippen MR) is 84.0 cm³/mol. The highest BCUT2D eigenvalue weighted by Gasteiger charge is 2.26. The number of hydrogen-bond acceptors (Lipinski definition) is 3. The van der Waals surface area contributed by atoms with Gasteiger partial charge in [-0.3, -0.25) is 9.59 Å². The SMILES string of the molecule is CCC(=O)NC1CCCN(C(=O)CC(O)c2cccc(F)c2)C1. The Kier molecular flexibility index (Phi) is 6.10. The molecule has 0 aromatic heterocycles. The lowest BCUT2D eigenvalue weighted by Crippen LogP contribution is -2.49. The molecule has 0 radical (unpaired) electrons. The minimum Gasteiger partial charge on any atom is -0.388 e. The summed E-state index contributed by atoms with van der Waals surface area (Å²) in [6.07, 6.45) is 0.975. The van der Waals surface area contributed by atoms with Gasteiger partial charge in [-0.15, -0.1) is 0 Å². The van der Waals surface area contributed by atoms with Crippen molar-refractivity contribution >= 4 is 11.8 Å². The van der Waals surface area contributed by atoms with Gasteiger partial charge in [-0.2, -0.15) is 0 Å². The Labute approximate surface area is 135 Å². The molecule has 126 valence electrons. The number of likely N-dealkylation sites (tertiary alicyclic amines) is 1. The summed E-state index contributed by atoms with van der Waals surface area (Å²) in [4.78, 5) is 25.4. The monoisotopic (exact) mass is 322 g/mol. The molecule has 0 saturated carbocycles. The Bertz CT molecular complexity index is 565. The predicted octanol–water partition coefficient (Wildman–Crippen LogP) is 1.77. The van der Waals surface area contributed by atoms with Crippen LogP contribution in [0.15, 0.2) is 24.3 Å². The van der Waals surface area contributed by atoms with Crippen LogP contribution >= 0.6 is 0 Å². The number of amides is 2. The number of carbonyl (C=O) groups excluding carboxylic acids is 2. The first-order valence-electron chi connectivity index (χ1n) is 8.00. The highest BCUT2D eigenvalue weighted by molar-refractivity contribution is 5.78. The van der Waals surface area contributed by atoms with Crippen LogP contribution < -0.4 is 5.32 Å². The Morgan fingerprint density at radius 3 is 2.96 bits per heavy atom. The summed E-state index contributed by atoms with van der Waals surface area (Å²) in [5, 5.41) is 13.0. The quantitative estimate of drug-likeness (QED) is 0.868. The molecule has 23 heavy (non-hydrogen) atoms. The van der Waals surface area contributed by atoms with Gasteiger partial charge in [0, 0.05) is 25.6 Å².